The highest BCUT2D eigenvalue weighted by atomic mass is 15.1. The molecule has 0 saturated heterocycles. The number of hydrogen-bond acceptors (Lipinski definition) is 3. The van der Waals surface area contributed by atoms with Crippen LogP contribution >= 0.6 is 0 Å². The van der Waals surface area contributed by atoms with Crippen LogP contribution in [0.25, 0.3) is 0 Å². The van der Waals surface area contributed by atoms with Crippen LogP contribution in [0.4, 0.5) is 11.4 Å². The van der Waals surface area contributed by atoms with Gasteiger partial charge in [-0.05, 0) is 24.6 Å². The zero-order chi connectivity index (χ0) is 10.6. The van der Waals surface area contributed by atoms with Crippen molar-refractivity contribution in [2.75, 3.05) is 24.2 Å². The Morgan fingerprint density at radius 3 is 2.79 bits per heavy atom. The quantitative estimate of drug-likeness (QED) is 0.740. The van der Waals surface area contributed by atoms with Crippen LogP contribution in [0.5, 0.6) is 0 Å². The monoisotopic (exact) mass is 189 g/mol. The number of rotatable bonds is 3. The second kappa shape index (κ2) is 4.52. The normalized spacial score (nSPS) is 9.50. The average Bonchev–Trinajstić information content (AvgIpc) is 2.19. The number of nitrogens with two attached hydrogens (primary N) is 1. The van der Waals surface area contributed by atoms with Crippen molar-refractivity contribution in [3.8, 4) is 6.07 Å². The average molecular weight is 189 g/mol. The molecule has 0 aliphatic rings. The lowest BCUT2D eigenvalue weighted by atomic mass is 10.1. The van der Waals surface area contributed by atoms with Crippen molar-refractivity contribution in [1.29, 1.82) is 5.26 Å². The van der Waals surface area contributed by atoms with Gasteiger partial charge < -0.3 is 10.6 Å². The molecule has 0 bridgehead atoms. The minimum absolute atomic E-state index is 0.650. The molecule has 1 aromatic rings. The van der Waals surface area contributed by atoms with E-state index in [2.05, 4.69) is 17.9 Å². The van der Waals surface area contributed by atoms with Gasteiger partial charge in [0.1, 0.15) is 0 Å². The third-order valence-corrected chi connectivity index (χ3v) is 2.13. The van der Waals surface area contributed by atoms with Crippen LogP contribution in [-0.2, 0) is 0 Å². The lowest BCUT2D eigenvalue weighted by Crippen LogP contribution is -2.19. The number of nitrogen functional groups attached to an aromatic ring is 1. The number of benzene rings is 1. The summed E-state index contributed by atoms with van der Waals surface area (Å²) >= 11 is 0. The largest absolute Gasteiger partial charge is 0.397 e. The Hall–Kier alpha value is -1.69. The molecular formula is C11H15N3. The predicted octanol–water partition coefficient (Wildman–Crippen LogP) is 1.99. The highest BCUT2D eigenvalue weighted by molar-refractivity contribution is 5.69. The van der Waals surface area contributed by atoms with Crippen LogP contribution in [0.3, 0.4) is 0 Å². The lowest BCUT2D eigenvalue weighted by molar-refractivity contribution is 0.853. The van der Waals surface area contributed by atoms with Crippen molar-refractivity contribution in [3.05, 3.63) is 23.8 Å². The Morgan fingerprint density at radius 2 is 2.21 bits per heavy atom. The summed E-state index contributed by atoms with van der Waals surface area (Å²) in [6.07, 6.45) is 1.06. The first-order valence-electron chi connectivity index (χ1n) is 4.69. The maximum Gasteiger partial charge on any atom is 0.0992 e. The Morgan fingerprint density at radius 1 is 1.50 bits per heavy atom. The molecule has 0 spiro atoms. The molecule has 0 aromatic heterocycles. The fourth-order valence-electron chi connectivity index (χ4n) is 1.40. The highest BCUT2D eigenvalue weighted by Gasteiger charge is 2.05. The summed E-state index contributed by atoms with van der Waals surface area (Å²) in [6.45, 7) is 3.06. The Kier molecular flexibility index (Phi) is 3.35. The van der Waals surface area contributed by atoms with E-state index in [4.69, 9.17) is 11.0 Å². The van der Waals surface area contributed by atoms with Crippen molar-refractivity contribution in [3.63, 3.8) is 0 Å². The SMILES string of the molecule is CCCN(C)c1cc(C#N)ccc1N. The molecule has 0 heterocycles. The summed E-state index contributed by atoms with van der Waals surface area (Å²) in [5.41, 5.74) is 8.13. The van der Waals surface area contributed by atoms with E-state index in [9.17, 15) is 0 Å². The van der Waals surface area contributed by atoms with Crippen LogP contribution in [0.2, 0.25) is 0 Å². The third kappa shape index (κ3) is 2.17. The van der Waals surface area contributed by atoms with Crippen LogP contribution in [-0.4, -0.2) is 13.6 Å². The van der Waals surface area contributed by atoms with E-state index in [1.165, 1.54) is 0 Å². The molecule has 3 heteroatoms. The molecule has 14 heavy (non-hydrogen) atoms. The Balaban J connectivity index is 3.01. The smallest absolute Gasteiger partial charge is 0.0992 e. The molecule has 3 nitrogen and oxygen atoms in total. The Labute approximate surface area is 84.7 Å². The van der Waals surface area contributed by atoms with Gasteiger partial charge >= 0.3 is 0 Å². The first kappa shape index (κ1) is 10.4. The van der Waals surface area contributed by atoms with Gasteiger partial charge in [0.2, 0.25) is 0 Å². The molecule has 2 N–H and O–H groups in total. The van der Waals surface area contributed by atoms with Crippen LogP contribution in [0.1, 0.15) is 18.9 Å². The topological polar surface area (TPSA) is 53.0 Å². The zero-order valence-electron chi connectivity index (χ0n) is 8.62. The molecule has 0 fully saturated rings. The van der Waals surface area contributed by atoms with Gasteiger partial charge in [0, 0.05) is 13.6 Å². The van der Waals surface area contributed by atoms with Gasteiger partial charge in [0.05, 0.1) is 23.0 Å². The minimum Gasteiger partial charge on any atom is -0.397 e. The van der Waals surface area contributed by atoms with Crippen LogP contribution in [0.15, 0.2) is 18.2 Å². The van der Waals surface area contributed by atoms with E-state index in [0.29, 0.717) is 5.56 Å². The van der Waals surface area contributed by atoms with Gasteiger partial charge in [-0.2, -0.15) is 5.26 Å². The molecule has 1 rings (SSSR count). The molecule has 1 aromatic carbocycles. The number of nitrogens with zero attached hydrogens (tertiary/aromatic N) is 2. The summed E-state index contributed by atoms with van der Waals surface area (Å²) in [7, 11) is 1.98. The van der Waals surface area contributed by atoms with Crippen molar-refractivity contribution in [2.24, 2.45) is 0 Å². The summed E-state index contributed by atoms with van der Waals surface area (Å²) in [5.74, 6) is 0. The highest BCUT2D eigenvalue weighted by Crippen LogP contribution is 2.23. The van der Waals surface area contributed by atoms with E-state index in [1.54, 1.807) is 12.1 Å². The number of anilines is 2. The van der Waals surface area contributed by atoms with Crippen molar-refractivity contribution in [2.45, 2.75) is 13.3 Å². The van der Waals surface area contributed by atoms with Crippen molar-refractivity contribution >= 4 is 11.4 Å². The van der Waals surface area contributed by atoms with E-state index in [0.717, 1.165) is 24.3 Å². The Bertz CT molecular complexity index is 352. The van der Waals surface area contributed by atoms with Gasteiger partial charge in [-0.15, -0.1) is 0 Å². The maximum absolute atomic E-state index is 8.76. The fraction of sp³-hybridized carbons (Fsp3) is 0.364. The van der Waals surface area contributed by atoms with Crippen LogP contribution < -0.4 is 10.6 Å². The molecule has 0 atom stereocenters. The maximum atomic E-state index is 8.76. The van der Waals surface area contributed by atoms with Gasteiger partial charge in [-0.1, -0.05) is 6.92 Å². The lowest BCUT2D eigenvalue weighted by Gasteiger charge is -2.20. The third-order valence-electron chi connectivity index (χ3n) is 2.13. The number of hydrogen-bond donors (Lipinski definition) is 1. The summed E-state index contributed by atoms with van der Waals surface area (Å²) in [4.78, 5) is 2.07. The zero-order valence-corrected chi connectivity index (χ0v) is 8.62. The fourth-order valence-corrected chi connectivity index (χ4v) is 1.40. The predicted molar refractivity (Wildman–Crippen MR) is 59.1 cm³/mol. The van der Waals surface area contributed by atoms with Crippen LogP contribution in [0, 0.1) is 11.3 Å². The van der Waals surface area contributed by atoms with E-state index in [-0.39, 0.29) is 0 Å². The number of nitriles is 1. The summed E-state index contributed by atoms with van der Waals surface area (Å²) < 4.78 is 0. The molecule has 74 valence electrons. The van der Waals surface area contributed by atoms with E-state index in [1.807, 2.05) is 13.1 Å². The first-order chi connectivity index (χ1) is 6.69. The minimum atomic E-state index is 0.650. The molecule has 0 unspecified atom stereocenters. The standard InChI is InChI=1S/C11H15N3/c1-3-6-14(2)11-7-9(8-12)4-5-10(11)13/h4-5,7H,3,6,13H2,1-2H3. The summed E-state index contributed by atoms with van der Waals surface area (Å²) in [6, 6.07) is 7.45. The molecule has 0 aliphatic heterocycles. The van der Waals surface area contributed by atoms with Gasteiger partial charge in [0.25, 0.3) is 0 Å². The molecule has 0 aliphatic carbocycles. The molecule has 0 saturated carbocycles. The van der Waals surface area contributed by atoms with Gasteiger partial charge in [0.15, 0.2) is 0 Å². The molecular weight excluding hydrogens is 174 g/mol. The van der Waals surface area contributed by atoms with Gasteiger partial charge in [-0.3, -0.25) is 0 Å². The van der Waals surface area contributed by atoms with E-state index >= 15 is 0 Å². The molecule has 0 amide bonds. The summed E-state index contributed by atoms with van der Waals surface area (Å²) in [5, 5.41) is 8.76. The second-order valence-corrected chi connectivity index (χ2v) is 3.31. The van der Waals surface area contributed by atoms with Gasteiger partial charge in [-0.25, -0.2) is 0 Å². The van der Waals surface area contributed by atoms with E-state index < -0.39 is 0 Å². The second-order valence-electron chi connectivity index (χ2n) is 3.31. The van der Waals surface area contributed by atoms with Crippen molar-refractivity contribution in [1.82, 2.24) is 0 Å². The molecule has 0 radical (unpaired) electrons. The first-order valence-corrected chi connectivity index (χ1v) is 4.69. The van der Waals surface area contributed by atoms with Crippen molar-refractivity contribution < 1.29 is 0 Å².